The number of allylic oxidation sites excluding steroid dienone is 4. The van der Waals surface area contributed by atoms with Crippen molar-refractivity contribution >= 4 is 59.0 Å². The second-order valence-corrected chi connectivity index (χ2v) is 19.3. The molecule has 0 aromatic heterocycles. The van der Waals surface area contributed by atoms with Crippen molar-refractivity contribution in [1.29, 1.82) is 0 Å². The van der Waals surface area contributed by atoms with E-state index in [2.05, 4.69) is 5.32 Å². The Morgan fingerprint density at radius 3 is 2.11 bits per heavy atom. The molecule has 394 valence electrons. The highest BCUT2D eigenvalue weighted by Gasteiger charge is 2.68. The van der Waals surface area contributed by atoms with Crippen molar-refractivity contribution in [3.8, 4) is 5.75 Å². The molecule has 0 bridgehead atoms. The van der Waals surface area contributed by atoms with Gasteiger partial charge in [0, 0.05) is 84.1 Å². The molecule has 0 aliphatic heterocycles. The summed E-state index contributed by atoms with van der Waals surface area (Å²) in [4.78, 5) is 127. The number of hydrogen-bond acceptors (Lipinski definition) is 19. The Morgan fingerprint density at radius 2 is 1.51 bits per heavy atom. The van der Waals surface area contributed by atoms with Gasteiger partial charge in [-0.1, -0.05) is 31.6 Å². The topological polar surface area (TPSA) is 300 Å². The minimum Gasteiger partial charge on any atom is -0.463 e. The number of amides is 3. The number of ketones is 3. The molecule has 3 saturated carbocycles. The Morgan fingerprint density at radius 1 is 0.889 bits per heavy atom. The van der Waals surface area contributed by atoms with Crippen LogP contribution in [-0.4, -0.2) is 150 Å². The summed E-state index contributed by atoms with van der Waals surface area (Å²) in [5.41, 5.74) is -3.16. The van der Waals surface area contributed by atoms with Crippen LogP contribution in [0.2, 0.25) is 0 Å². The summed E-state index contributed by atoms with van der Waals surface area (Å²) >= 11 is 0. The van der Waals surface area contributed by atoms with Crippen LogP contribution in [0.3, 0.4) is 0 Å². The Bertz CT molecular complexity index is 2390. The summed E-state index contributed by atoms with van der Waals surface area (Å²) in [6.45, 7) is 7.17. The SMILES string of the molecule is CC(=O)NC(C)[C@H](Oc1ccc(COC(=O)N(C)CCN(C)C(=O)OCC(=O)[C@@]2(O)CCC3C4CCC5=CC(=O)C=C[C@]5(C)C4C(=O)C[C@@]32C)cc1[N+](=O)[O-])OC(COC(C)=O)[C@H](COC(C)=O)OC(C)=O. The third-order valence-electron chi connectivity index (χ3n) is 14.2. The molecule has 2 N–H and O–H groups in total. The van der Waals surface area contributed by atoms with Gasteiger partial charge in [0.1, 0.15) is 37.3 Å². The summed E-state index contributed by atoms with van der Waals surface area (Å²) in [6.07, 6.45) is 0.646. The van der Waals surface area contributed by atoms with Crippen molar-refractivity contribution in [2.45, 2.75) is 117 Å². The van der Waals surface area contributed by atoms with Gasteiger partial charge in [-0.25, -0.2) is 9.59 Å². The first-order chi connectivity index (χ1) is 33.7. The maximum Gasteiger partial charge on any atom is 0.409 e. The van der Waals surface area contributed by atoms with Crippen LogP contribution in [0.4, 0.5) is 15.3 Å². The number of hydrogen-bond donors (Lipinski definition) is 2. The van der Waals surface area contributed by atoms with Gasteiger partial charge in [0.05, 0.1) is 11.0 Å². The fraction of sp³-hybridized carbons (Fsp3) is 0.612. The van der Waals surface area contributed by atoms with Crippen LogP contribution in [0, 0.1) is 38.7 Å². The molecule has 4 aliphatic rings. The van der Waals surface area contributed by atoms with E-state index in [4.69, 9.17) is 33.2 Å². The molecule has 0 spiro atoms. The zero-order chi connectivity index (χ0) is 53.5. The summed E-state index contributed by atoms with van der Waals surface area (Å²) in [7, 11) is 2.76. The molecule has 3 amide bonds. The average molecular weight is 1010 g/mol. The summed E-state index contributed by atoms with van der Waals surface area (Å²) < 4.78 is 38.1. The van der Waals surface area contributed by atoms with Gasteiger partial charge in [-0.15, -0.1) is 0 Å². The molecular weight excluding hydrogens is 949 g/mol. The molecule has 10 atom stereocenters. The summed E-state index contributed by atoms with van der Waals surface area (Å²) in [5.74, 6) is -4.77. The first-order valence-corrected chi connectivity index (χ1v) is 23.5. The number of carbonyl (C=O) groups excluding carboxylic acids is 9. The third kappa shape index (κ3) is 12.8. The molecule has 3 fully saturated rings. The van der Waals surface area contributed by atoms with Crippen molar-refractivity contribution in [2.75, 3.05) is 47.0 Å². The smallest absolute Gasteiger partial charge is 0.409 e. The Kier molecular flexibility index (Phi) is 18.1. The quantitative estimate of drug-likeness (QED) is 0.0583. The summed E-state index contributed by atoms with van der Waals surface area (Å²) in [6, 6.07) is 2.56. The van der Waals surface area contributed by atoms with Crippen molar-refractivity contribution in [1.82, 2.24) is 15.1 Å². The van der Waals surface area contributed by atoms with Gasteiger partial charge in [0.15, 0.2) is 24.2 Å². The lowest BCUT2D eigenvalue weighted by Crippen LogP contribution is -2.60. The Labute approximate surface area is 415 Å². The van der Waals surface area contributed by atoms with E-state index in [1.807, 2.05) is 13.0 Å². The minimum atomic E-state index is -1.92. The lowest BCUT2D eigenvalue weighted by molar-refractivity contribution is -0.386. The molecule has 23 nitrogen and oxygen atoms in total. The zero-order valence-corrected chi connectivity index (χ0v) is 41.9. The number of carbonyl (C=O) groups is 9. The number of likely N-dealkylation sites (N-methyl/N-ethyl adjacent to an activating group) is 2. The number of aliphatic hydroxyl groups is 1. The van der Waals surface area contributed by atoms with E-state index in [1.54, 1.807) is 13.0 Å². The normalized spacial score (nSPS) is 25.6. The molecule has 0 radical (unpaired) electrons. The predicted octanol–water partition coefficient (Wildman–Crippen LogP) is 3.69. The van der Waals surface area contributed by atoms with Gasteiger partial charge in [0.25, 0.3) is 0 Å². The molecule has 4 aliphatic carbocycles. The van der Waals surface area contributed by atoms with Gasteiger partial charge in [-0.2, -0.15) is 0 Å². The van der Waals surface area contributed by atoms with Gasteiger partial charge >= 0.3 is 35.8 Å². The second kappa shape index (κ2) is 23.2. The van der Waals surface area contributed by atoms with E-state index in [0.717, 1.165) is 42.2 Å². The van der Waals surface area contributed by atoms with Crippen molar-refractivity contribution in [2.24, 2.45) is 28.6 Å². The van der Waals surface area contributed by atoms with Crippen LogP contribution in [0.1, 0.15) is 86.1 Å². The number of benzene rings is 1. The number of Topliss-reactive ketones (excluding diaryl/α,β-unsaturated/α-hetero) is 2. The standard InChI is InChI=1S/C49H64N4O19/c1-27(50-28(2)54)44(72-41(25-67-30(4)56)40(70-31(5)57)24-66-29(3)55)71-39-13-10-32(20-37(39)53(64)65)23-68-45(61)51(8)18-19-52(9)46(62)69-26-42(60)49(63)17-15-36-35-12-11-33-21-34(58)14-16-47(33,6)43(35)38(59)22-48(36,49)7/h10,13-14,16,20-21,27,35-36,40-41,43-44,63H,11-12,15,17-19,22-26H2,1-9H3,(H,50,54)/t27?,35?,36?,40-,41?,43?,44+,47-,48-,49-/m0/s1. The largest absolute Gasteiger partial charge is 0.463 e. The van der Waals surface area contributed by atoms with E-state index >= 15 is 0 Å². The van der Waals surface area contributed by atoms with Crippen LogP contribution in [0.25, 0.3) is 0 Å². The van der Waals surface area contributed by atoms with E-state index in [9.17, 15) is 58.4 Å². The molecule has 0 heterocycles. The van der Waals surface area contributed by atoms with Crippen LogP contribution in [0.5, 0.6) is 5.75 Å². The highest BCUT2D eigenvalue weighted by molar-refractivity contribution is 6.02. The van der Waals surface area contributed by atoms with Crippen LogP contribution in [-0.2, 0) is 68.6 Å². The number of esters is 3. The van der Waals surface area contributed by atoms with E-state index in [1.165, 1.54) is 46.2 Å². The third-order valence-corrected chi connectivity index (χ3v) is 14.2. The lowest BCUT2D eigenvalue weighted by atomic mass is 9.46. The molecular formula is C49H64N4O19. The number of rotatable bonds is 21. The molecule has 5 unspecified atom stereocenters. The Hall–Kier alpha value is -6.75. The Balaban J connectivity index is 1.16. The van der Waals surface area contributed by atoms with Gasteiger partial charge in [0.2, 0.25) is 18.0 Å². The number of nitro benzene ring substituents is 1. The number of fused-ring (bicyclic) bond motifs is 5. The molecule has 1 aromatic carbocycles. The fourth-order valence-electron chi connectivity index (χ4n) is 10.5. The highest BCUT2D eigenvalue weighted by atomic mass is 16.7. The van der Waals surface area contributed by atoms with E-state index in [0.29, 0.717) is 19.3 Å². The molecule has 1 aromatic rings. The first-order valence-electron chi connectivity index (χ1n) is 23.5. The second-order valence-electron chi connectivity index (χ2n) is 19.3. The van der Waals surface area contributed by atoms with Crippen LogP contribution < -0.4 is 10.1 Å². The number of nitrogens with zero attached hydrogens (tertiary/aromatic N) is 3. The minimum absolute atomic E-state index is 0.0413. The maximum atomic E-state index is 13.9. The highest BCUT2D eigenvalue weighted by Crippen LogP contribution is 2.66. The van der Waals surface area contributed by atoms with Crippen molar-refractivity contribution in [3.05, 3.63) is 57.7 Å². The summed E-state index contributed by atoms with van der Waals surface area (Å²) in [5, 5.41) is 26.9. The average Bonchev–Trinajstić information content (AvgIpc) is 3.58. The van der Waals surface area contributed by atoms with Gasteiger partial charge < -0.3 is 53.4 Å². The zero-order valence-electron chi connectivity index (χ0n) is 41.9. The molecule has 23 heteroatoms. The van der Waals surface area contributed by atoms with Crippen LogP contribution in [0.15, 0.2) is 42.0 Å². The first kappa shape index (κ1) is 56.2. The number of ether oxygens (including phenoxy) is 7. The maximum absolute atomic E-state index is 13.9. The van der Waals surface area contributed by atoms with Crippen molar-refractivity contribution < 1.29 is 86.3 Å². The number of nitro groups is 1. The van der Waals surface area contributed by atoms with E-state index in [-0.39, 0.29) is 66.6 Å². The molecule has 5 rings (SSSR count). The molecule has 0 saturated heterocycles. The van der Waals surface area contributed by atoms with Crippen molar-refractivity contribution in [3.63, 3.8) is 0 Å². The van der Waals surface area contributed by atoms with Crippen LogP contribution >= 0.6 is 0 Å². The lowest BCUT2D eigenvalue weighted by Gasteiger charge is -2.56. The van der Waals surface area contributed by atoms with Gasteiger partial charge in [-0.05, 0) is 68.2 Å². The molecule has 72 heavy (non-hydrogen) atoms. The number of nitrogens with one attached hydrogen (secondary N) is 1. The predicted molar refractivity (Wildman–Crippen MR) is 248 cm³/mol. The monoisotopic (exact) mass is 1010 g/mol. The fourth-order valence-corrected chi connectivity index (χ4v) is 10.5. The van der Waals surface area contributed by atoms with Gasteiger partial charge in [-0.3, -0.25) is 43.7 Å². The van der Waals surface area contributed by atoms with E-state index < -0.39 is 120 Å².